The number of rotatable bonds is 7. The Balaban J connectivity index is 1.47. The topological polar surface area (TPSA) is 68.2 Å². The van der Waals surface area contributed by atoms with Crippen LogP contribution < -0.4 is 15.4 Å². The van der Waals surface area contributed by atoms with Crippen molar-refractivity contribution in [3.63, 3.8) is 0 Å². The van der Waals surface area contributed by atoms with Crippen LogP contribution in [0.3, 0.4) is 0 Å². The molecule has 9 heteroatoms. The third-order valence-electron chi connectivity index (χ3n) is 4.28. The second-order valence-corrected chi connectivity index (χ2v) is 6.41. The Morgan fingerprint density at radius 1 is 1.30 bits per heavy atom. The van der Waals surface area contributed by atoms with E-state index in [4.69, 9.17) is 4.74 Å². The van der Waals surface area contributed by atoms with Crippen LogP contribution in [0, 0.1) is 0 Å². The van der Waals surface area contributed by atoms with Crippen molar-refractivity contribution in [3.05, 3.63) is 41.7 Å². The van der Waals surface area contributed by atoms with Gasteiger partial charge in [-0.1, -0.05) is 0 Å². The molecule has 0 radical (unpaired) electrons. The molecule has 0 saturated heterocycles. The van der Waals surface area contributed by atoms with Gasteiger partial charge in [-0.3, -0.25) is 4.68 Å². The average Bonchev–Trinajstić information content (AvgIpc) is 3.38. The SMILES string of the molecule is COc1ccc(NC(=O)NCCCn2nc(C(F)(F)F)cc2C2CC2)cc1. The Labute approximate surface area is 154 Å². The van der Waals surface area contributed by atoms with E-state index in [9.17, 15) is 18.0 Å². The van der Waals surface area contributed by atoms with E-state index in [-0.39, 0.29) is 11.9 Å². The van der Waals surface area contributed by atoms with Crippen molar-refractivity contribution in [2.75, 3.05) is 19.0 Å². The first-order valence-corrected chi connectivity index (χ1v) is 8.70. The van der Waals surface area contributed by atoms with Crippen molar-refractivity contribution in [3.8, 4) is 5.75 Å². The fourth-order valence-electron chi connectivity index (χ4n) is 2.74. The molecule has 1 aromatic carbocycles. The fraction of sp³-hybridized carbons (Fsp3) is 0.444. The van der Waals surface area contributed by atoms with Crippen LogP contribution in [0.1, 0.15) is 36.6 Å². The summed E-state index contributed by atoms with van der Waals surface area (Å²) in [4.78, 5) is 11.9. The number of nitrogens with one attached hydrogen (secondary N) is 2. The van der Waals surface area contributed by atoms with Gasteiger partial charge in [-0.05, 0) is 49.6 Å². The maximum atomic E-state index is 12.9. The summed E-state index contributed by atoms with van der Waals surface area (Å²) < 4.78 is 45.1. The summed E-state index contributed by atoms with van der Waals surface area (Å²) in [6, 6.07) is 7.64. The zero-order valence-corrected chi connectivity index (χ0v) is 14.8. The van der Waals surface area contributed by atoms with Gasteiger partial charge < -0.3 is 15.4 Å². The number of aromatic nitrogens is 2. The van der Waals surface area contributed by atoms with Crippen molar-refractivity contribution < 1.29 is 22.7 Å². The molecule has 1 aliphatic rings. The summed E-state index contributed by atoms with van der Waals surface area (Å²) in [7, 11) is 1.56. The molecule has 1 aliphatic carbocycles. The van der Waals surface area contributed by atoms with Gasteiger partial charge in [0.15, 0.2) is 5.69 Å². The first-order chi connectivity index (χ1) is 12.9. The summed E-state index contributed by atoms with van der Waals surface area (Å²) in [5, 5.41) is 9.06. The van der Waals surface area contributed by atoms with Gasteiger partial charge in [0, 0.05) is 30.4 Å². The number of nitrogens with zero attached hydrogens (tertiary/aromatic N) is 2. The number of methoxy groups -OCH3 is 1. The van der Waals surface area contributed by atoms with Crippen molar-refractivity contribution in [2.45, 2.75) is 37.9 Å². The highest BCUT2D eigenvalue weighted by Crippen LogP contribution is 2.42. The number of carbonyl (C=O) groups is 1. The smallest absolute Gasteiger partial charge is 0.435 e. The molecule has 3 rings (SSSR count). The minimum Gasteiger partial charge on any atom is -0.497 e. The van der Waals surface area contributed by atoms with Crippen LogP contribution in [0.5, 0.6) is 5.75 Å². The Morgan fingerprint density at radius 2 is 2.00 bits per heavy atom. The summed E-state index contributed by atoms with van der Waals surface area (Å²) in [6.45, 7) is 0.651. The van der Waals surface area contributed by atoms with Gasteiger partial charge in [-0.2, -0.15) is 18.3 Å². The quantitative estimate of drug-likeness (QED) is 0.712. The van der Waals surface area contributed by atoms with Crippen LogP contribution >= 0.6 is 0 Å². The lowest BCUT2D eigenvalue weighted by Crippen LogP contribution is -2.30. The summed E-state index contributed by atoms with van der Waals surface area (Å²) in [5.74, 6) is 0.852. The van der Waals surface area contributed by atoms with E-state index in [2.05, 4.69) is 15.7 Å². The zero-order valence-electron chi connectivity index (χ0n) is 14.8. The standard InChI is InChI=1S/C18H21F3N4O2/c1-27-14-7-5-13(6-8-14)23-17(26)22-9-2-10-25-15(12-3-4-12)11-16(24-25)18(19,20)21/h5-8,11-12H,2-4,9-10H2,1H3,(H2,22,23,26). The van der Waals surface area contributed by atoms with E-state index in [0.29, 0.717) is 36.6 Å². The molecule has 2 amide bonds. The van der Waals surface area contributed by atoms with Crippen molar-refractivity contribution in [1.82, 2.24) is 15.1 Å². The van der Waals surface area contributed by atoms with E-state index < -0.39 is 11.9 Å². The van der Waals surface area contributed by atoms with Gasteiger partial charge in [0.25, 0.3) is 0 Å². The highest BCUT2D eigenvalue weighted by molar-refractivity contribution is 5.89. The van der Waals surface area contributed by atoms with Gasteiger partial charge in [0.2, 0.25) is 0 Å². The Hall–Kier alpha value is -2.71. The summed E-state index contributed by atoms with van der Waals surface area (Å²) in [5.41, 5.74) is 0.394. The number of ether oxygens (including phenoxy) is 1. The monoisotopic (exact) mass is 382 g/mol. The number of hydrogen-bond donors (Lipinski definition) is 2. The fourth-order valence-corrected chi connectivity index (χ4v) is 2.74. The maximum absolute atomic E-state index is 12.9. The van der Waals surface area contributed by atoms with Crippen molar-refractivity contribution >= 4 is 11.7 Å². The van der Waals surface area contributed by atoms with E-state index >= 15 is 0 Å². The van der Waals surface area contributed by atoms with Crippen molar-refractivity contribution in [2.24, 2.45) is 0 Å². The lowest BCUT2D eigenvalue weighted by molar-refractivity contribution is -0.141. The molecule has 0 unspecified atom stereocenters. The molecule has 146 valence electrons. The molecule has 2 aromatic rings. The van der Waals surface area contributed by atoms with E-state index in [1.165, 1.54) is 4.68 Å². The Kier molecular flexibility index (Phi) is 5.57. The molecule has 0 spiro atoms. The number of benzene rings is 1. The highest BCUT2D eigenvalue weighted by atomic mass is 19.4. The third kappa shape index (κ3) is 5.15. The highest BCUT2D eigenvalue weighted by Gasteiger charge is 2.37. The van der Waals surface area contributed by atoms with E-state index in [0.717, 1.165) is 18.9 Å². The molecule has 0 bridgehead atoms. The van der Waals surface area contributed by atoms with Crippen molar-refractivity contribution in [1.29, 1.82) is 0 Å². The van der Waals surface area contributed by atoms with Crippen LogP contribution in [0.15, 0.2) is 30.3 Å². The number of anilines is 1. The molecule has 0 atom stereocenters. The zero-order chi connectivity index (χ0) is 19.4. The summed E-state index contributed by atoms with van der Waals surface area (Å²) in [6.07, 6.45) is -2.17. The average molecular weight is 382 g/mol. The van der Waals surface area contributed by atoms with Gasteiger partial charge >= 0.3 is 12.2 Å². The van der Waals surface area contributed by atoms with Crippen LogP contribution in [-0.2, 0) is 12.7 Å². The molecule has 0 aliphatic heterocycles. The Bertz CT molecular complexity index is 783. The second kappa shape index (κ2) is 7.89. The molecular weight excluding hydrogens is 361 g/mol. The lowest BCUT2D eigenvalue weighted by atomic mass is 10.2. The molecule has 1 aromatic heterocycles. The van der Waals surface area contributed by atoms with E-state index in [1.807, 2.05) is 0 Å². The van der Waals surface area contributed by atoms with Crippen LogP contribution in [-0.4, -0.2) is 29.5 Å². The molecule has 1 heterocycles. The minimum absolute atomic E-state index is 0.167. The number of halogens is 3. The van der Waals surface area contributed by atoms with Gasteiger partial charge in [-0.15, -0.1) is 0 Å². The number of aryl methyl sites for hydroxylation is 1. The molecule has 1 fully saturated rings. The van der Waals surface area contributed by atoms with Crippen LogP contribution in [0.2, 0.25) is 0 Å². The first-order valence-electron chi connectivity index (χ1n) is 8.70. The number of amides is 2. The normalized spacial score (nSPS) is 14.1. The largest absolute Gasteiger partial charge is 0.497 e. The third-order valence-corrected chi connectivity index (χ3v) is 4.28. The van der Waals surface area contributed by atoms with Gasteiger partial charge in [-0.25, -0.2) is 4.79 Å². The Morgan fingerprint density at radius 3 is 2.59 bits per heavy atom. The predicted octanol–water partition coefficient (Wildman–Crippen LogP) is 4.00. The lowest BCUT2D eigenvalue weighted by Gasteiger charge is -2.09. The number of hydrogen-bond acceptors (Lipinski definition) is 3. The first kappa shape index (κ1) is 19.1. The molecule has 27 heavy (non-hydrogen) atoms. The number of alkyl halides is 3. The number of carbonyl (C=O) groups excluding carboxylic acids is 1. The van der Waals surface area contributed by atoms with Crippen LogP contribution in [0.4, 0.5) is 23.7 Å². The molecule has 1 saturated carbocycles. The number of urea groups is 1. The summed E-state index contributed by atoms with van der Waals surface area (Å²) >= 11 is 0. The van der Waals surface area contributed by atoms with E-state index in [1.54, 1.807) is 31.4 Å². The molecule has 2 N–H and O–H groups in total. The molecular formula is C18H21F3N4O2. The second-order valence-electron chi connectivity index (χ2n) is 6.41. The molecule has 6 nitrogen and oxygen atoms in total. The predicted molar refractivity (Wildman–Crippen MR) is 93.8 cm³/mol. The van der Waals surface area contributed by atoms with Gasteiger partial charge in [0.05, 0.1) is 7.11 Å². The van der Waals surface area contributed by atoms with Crippen LogP contribution in [0.25, 0.3) is 0 Å². The maximum Gasteiger partial charge on any atom is 0.435 e. The van der Waals surface area contributed by atoms with Gasteiger partial charge in [0.1, 0.15) is 5.75 Å². The minimum atomic E-state index is -4.44.